The van der Waals surface area contributed by atoms with Crippen LogP contribution in [0, 0.1) is 13.8 Å². The maximum Gasteiger partial charge on any atom is 0.206 e. The Morgan fingerprint density at radius 2 is 1.87 bits per heavy atom. The fourth-order valence-corrected chi connectivity index (χ4v) is 3.18. The number of aliphatic hydroxyl groups is 1. The van der Waals surface area contributed by atoms with E-state index in [0.717, 1.165) is 21.3 Å². The summed E-state index contributed by atoms with van der Waals surface area (Å²) in [4.78, 5) is 0. The van der Waals surface area contributed by atoms with Gasteiger partial charge >= 0.3 is 0 Å². The molecule has 23 heavy (non-hydrogen) atoms. The summed E-state index contributed by atoms with van der Waals surface area (Å²) in [7, 11) is 0. The zero-order valence-electron chi connectivity index (χ0n) is 13.2. The maximum absolute atomic E-state index is 10.2. The zero-order chi connectivity index (χ0) is 16.2. The van der Waals surface area contributed by atoms with E-state index in [1.54, 1.807) is 0 Å². The van der Waals surface area contributed by atoms with Crippen molar-refractivity contribution in [2.24, 2.45) is 0 Å². The first kappa shape index (κ1) is 15.6. The summed E-state index contributed by atoms with van der Waals surface area (Å²) in [6.07, 6.45) is -0.566. The number of benzene rings is 2. The summed E-state index contributed by atoms with van der Waals surface area (Å²) in [5, 5.41) is 23.4. The lowest BCUT2D eigenvalue weighted by Gasteiger charge is -2.10. The third kappa shape index (κ3) is 3.75. The largest absolute Gasteiger partial charge is 0.387 e. The van der Waals surface area contributed by atoms with Gasteiger partial charge in [-0.2, -0.15) is 0 Å². The smallest absolute Gasteiger partial charge is 0.206 e. The molecular weight excluding hydrogens is 306 g/mol. The highest BCUT2D eigenvalue weighted by atomic mass is 32.1. The molecule has 4 nitrogen and oxygen atoms in total. The summed E-state index contributed by atoms with van der Waals surface area (Å²) in [6.45, 7) is 4.55. The molecular formula is C18H19N3OS. The number of hydrogen-bond donors (Lipinski definition) is 2. The molecule has 118 valence electrons. The quantitative estimate of drug-likeness (QED) is 0.745. The SMILES string of the molecule is Cc1ccc(C)c(-c2nnc(NC[C@H](O)c3ccccc3)s2)c1. The third-order valence-electron chi connectivity index (χ3n) is 3.68. The number of anilines is 1. The van der Waals surface area contributed by atoms with Gasteiger partial charge in [-0.05, 0) is 31.0 Å². The van der Waals surface area contributed by atoms with Gasteiger partial charge in [0.25, 0.3) is 0 Å². The lowest BCUT2D eigenvalue weighted by molar-refractivity contribution is 0.191. The maximum atomic E-state index is 10.2. The van der Waals surface area contributed by atoms with Gasteiger partial charge in [-0.25, -0.2) is 0 Å². The molecule has 1 heterocycles. The van der Waals surface area contributed by atoms with Gasteiger partial charge in [0.05, 0.1) is 6.10 Å². The van der Waals surface area contributed by atoms with Crippen molar-refractivity contribution >= 4 is 16.5 Å². The fraction of sp³-hybridized carbons (Fsp3) is 0.222. The topological polar surface area (TPSA) is 58.0 Å². The first-order valence-corrected chi connectivity index (χ1v) is 8.33. The molecule has 0 unspecified atom stereocenters. The van der Waals surface area contributed by atoms with Crippen LogP contribution in [0.1, 0.15) is 22.8 Å². The van der Waals surface area contributed by atoms with Crippen LogP contribution in [0.3, 0.4) is 0 Å². The molecule has 2 N–H and O–H groups in total. The number of aromatic nitrogens is 2. The van der Waals surface area contributed by atoms with E-state index >= 15 is 0 Å². The molecule has 3 rings (SSSR count). The van der Waals surface area contributed by atoms with Crippen LogP contribution in [0.25, 0.3) is 10.6 Å². The van der Waals surface area contributed by atoms with Crippen LogP contribution < -0.4 is 5.32 Å². The molecule has 0 radical (unpaired) electrons. The number of nitrogens with one attached hydrogen (secondary N) is 1. The monoisotopic (exact) mass is 325 g/mol. The summed E-state index contributed by atoms with van der Waals surface area (Å²) in [5.74, 6) is 0. The third-order valence-corrected chi connectivity index (χ3v) is 4.59. The van der Waals surface area contributed by atoms with E-state index in [4.69, 9.17) is 0 Å². The van der Waals surface area contributed by atoms with Crippen LogP contribution in [0.2, 0.25) is 0 Å². The van der Waals surface area contributed by atoms with Gasteiger partial charge in [0.2, 0.25) is 5.13 Å². The molecule has 0 saturated carbocycles. The Bertz CT molecular complexity index is 786. The normalized spacial score (nSPS) is 12.1. The van der Waals surface area contributed by atoms with E-state index in [1.807, 2.05) is 30.3 Å². The molecule has 0 aliphatic rings. The highest BCUT2D eigenvalue weighted by Crippen LogP contribution is 2.29. The molecule has 5 heteroatoms. The predicted molar refractivity (Wildman–Crippen MR) is 94.7 cm³/mol. The number of nitrogens with zero attached hydrogens (tertiary/aromatic N) is 2. The Labute approximate surface area is 139 Å². The van der Waals surface area contributed by atoms with E-state index in [1.165, 1.54) is 22.5 Å². The van der Waals surface area contributed by atoms with Crippen LogP contribution in [0.5, 0.6) is 0 Å². The highest BCUT2D eigenvalue weighted by molar-refractivity contribution is 7.18. The minimum absolute atomic E-state index is 0.408. The van der Waals surface area contributed by atoms with Gasteiger partial charge < -0.3 is 10.4 Å². The molecule has 0 bridgehead atoms. The lowest BCUT2D eigenvalue weighted by Crippen LogP contribution is -2.11. The number of aliphatic hydroxyl groups excluding tert-OH is 1. The number of rotatable bonds is 5. The van der Waals surface area contributed by atoms with E-state index in [-0.39, 0.29) is 0 Å². The predicted octanol–water partition coefficient (Wildman–Crippen LogP) is 3.97. The molecule has 0 aliphatic heterocycles. The van der Waals surface area contributed by atoms with Crippen LogP contribution in [-0.4, -0.2) is 21.8 Å². The Hall–Kier alpha value is -2.24. The minimum Gasteiger partial charge on any atom is -0.387 e. The molecule has 0 spiro atoms. The van der Waals surface area contributed by atoms with Crippen molar-refractivity contribution in [2.75, 3.05) is 11.9 Å². The van der Waals surface area contributed by atoms with Crippen molar-refractivity contribution in [3.8, 4) is 10.6 Å². The summed E-state index contributed by atoms with van der Waals surface area (Å²) in [6, 6.07) is 15.9. The van der Waals surface area contributed by atoms with Crippen LogP contribution in [0.15, 0.2) is 48.5 Å². The van der Waals surface area contributed by atoms with Crippen LogP contribution >= 0.6 is 11.3 Å². The van der Waals surface area contributed by atoms with Crippen molar-refractivity contribution in [1.82, 2.24) is 10.2 Å². The Kier molecular flexibility index (Phi) is 4.69. The van der Waals surface area contributed by atoms with Crippen LogP contribution in [0.4, 0.5) is 5.13 Å². The molecule has 1 atom stereocenters. The van der Waals surface area contributed by atoms with Gasteiger partial charge in [0.1, 0.15) is 5.01 Å². The van der Waals surface area contributed by atoms with Gasteiger partial charge in [0.15, 0.2) is 0 Å². The second-order valence-electron chi connectivity index (χ2n) is 5.54. The summed E-state index contributed by atoms with van der Waals surface area (Å²) in [5.41, 5.74) is 4.39. The zero-order valence-corrected chi connectivity index (χ0v) is 14.0. The van der Waals surface area contributed by atoms with Gasteiger partial charge in [0, 0.05) is 12.1 Å². The van der Waals surface area contributed by atoms with E-state index in [9.17, 15) is 5.11 Å². The van der Waals surface area contributed by atoms with Crippen molar-refractivity contribution in [2.45, 2.75) is 20.0 Å². The van der Waals surface area contributed by atoms with Gasteiger partial charge in [-0.15, -0.1) is 10.2 Å². The first-order valence-electron chi connectivity index (χ1n) is 7.51. The second kappa shape index (κ2) is 6.89. The Morgan fingerprint density at radius 1 is 1.09 bits per heavy atom. The van der Waals surface area contributed by atoms with Crippen molar-refractivity contribution in [1.29, 1.82) is 0 Å². The van der Waals surface area contributed by atoms with Crippen molar-refractivity contribution < 1.29 is 5.11 Å². The fourth-order valence-electron chi connectivity index (χ4n) is 2.35. The van der Waals surface area contributed by atoms with Crippen LogP contribution in [-0.2, 0) is 0 Å². The van der Waals surface area contributed by atoms with Gasteiger partial charge in [-0.3, -0.25) is 0 Å². The first-order chi connectivity index (χ1) is 11.1. The molecule has 3 aromatic rings. The second-order valence-corrected chi connectivity index (χ2v) is 6.52. The molecule has 0 saturated heterocycles. The standard InChI is InChI=1S/C18H19N3OS/c1-12-8-9-13(2)15(10-12)17-20-21-18(23-17)19-11-16(22)14-6-4-3-5-7-14/h3-10,16,22H,11H2,1-2H3,(H,19,21)/t16-/m0/s1. The highest BCUT2D eigenvalue weighted by Gasteiger charge is 2.11. The van der Waals surface area contributed by atoms with Gasteiger partial charge in [-0.1, -0.05) is 59.4 Å². The van der Waals surface area contributed by atoms with E-state index in [0.29, 0.717) is 6.54 Å². The molecule has 0 fully saturated rings. The van der Waals surface area contributed by atoms with Crippen molar-refractivity contribution in [3.05, 3.63) is 65.2 Å². The molecule has 1 aromatic heterocycles. The average molecular weight is 325 g/mol. The molecule has 2 aromatic carbocycles. The molecule has 0 amide bonds. The lowest BCUT2D eigenvalue weighted by atomic mass is 10.1. The summed E-state index contributed by atoms with van der Waals surface area (Å²) < 4.78 is 0. The van der Waals surface area contributed by atoms with Crippen molar-refractivity contribution in [3.63, 3.8) is 0 Å². The van der Waals surface area contributed by atoms with E-state index in [2.05, 4.69) is 47.6 Å². The minimum atomic E-state index is -0.566. The average Bonchev–Trinajstić information content (AvgIpc) is 3.04. The summed E-state index contributed by atoms with van der Waals surface area (Å²) >= 11 is 1.50. The van der Waals surface area contributed by atoms with E-state index < -0.39 is 6.10 Å². The number of aryl methyl sites for hydroxylation is 2. The Balaban J connectivity index is 1.69. The Morgan fingerprint density at radius 3 is 2.65 bits per heavy atom. The number of hydrogen-bond acceptors (Lipinski definition) is 5. The molecule has 0 aliphatic carbocycles.